The van der Waals surface area contributed by atoms with Crippen LogP contribution in [-0.2, 0) is 6.54 Å². The third-order valence-corrected chi connectivity index (χ3v) is 4.41. The maximum Gasteiger partial charge on any atom is 0.283 e. The van der Waals surface area contributed by atoms with Crippen LogP contribution in [0.3, 0.4) is 0 Å². The number of rotatable bonds is 7. The van der Waals surface area contributed by atoms with Gasteiger partial charge in [-0.3, -0.25) is 4.79 Å². The summed E-state index contributed by atoms with van der Waals surface area (Å²) in [5.74, 6) is 0. The van der Waals surface area contributed by atoms with Crippen molar-refractivity contribution in [3.63, 3.8) is 0 Å². The topological polar surface area (TPSA) is 50.2 Å². The summed E-state index contributed by atoms with van der Waals surface area (Å²) in [4.78, 5) is 14.2. The number of nitrogens with one attached hydrogen (secondary N) is 1. The Morgan fingerprint density at radius 1 is 1.48 bits per heavy atom. The second-order valence-corrected chi connectivity index (χ2v) is 6.43. The summed E-state index contributed by atoms with van der Waals surface area (Å²) < 4.78 is 2.06. The van der Waals surface area contributed by atoms with Crippen LogP contribution in [0.15, 0.2) is 27.1 Å². The highest BCUT2D eigenvalue weighted by Crippen LogP contribution is 2.21. The number of aromatic nitrogens is 2. The van der Waals surface area contributed by atoms with Crippen molar-refractivity contribution in [2.75, 3.05) is 32.5 Å². The Hall–Kier alpha value is -1.14. The summed E-state index contributed by atoms with van der Waals surface area (Å²) in [6, 6.07) is 0. The lowest BCUT2D eigenvalue weighted by molar-refractivity contribution is 0.367. The van der Waals surface area contributed by atoms with Crippen molar-refractivity contribution in [1.82, 2.24) is 14.7 Å². The summed E-state index contributed by atoms with van der Waals surface area (Å²) in [6.07, 6.45) is 8.80. The molecule has 0 spiro atoms. The van der Waals surface area contributed by atoms with Gasteiger partial charge in [0.2, 0.25) is 0 Å². The molecule has 1 aliphatic rings. The van der Waals surface area contributed by atoms with E-state index in [0.717, 1.165) is 25.2 Å². The summed E-state index contributed by atoms with van der Waals surface area (Å²) in [5.41, 5.74) is 2.22. The monoisotopic (exact) mass is 354 g/mol. The van der Waals surface area contributed by atoms with E-state index in [1.54, 1.807) is 6.20 Å². The van der Waals surface area contributed by atoms with Crippen LogP contribution >= 0.6 is 15.9 Å². The van der Waals surface area contributed by atoms with E-state index in [9.17, 15) is 4.79 Å². The summed E-state index contributed by atoms with van der Waals surface area (Å²) in [6.45, 7) is 2.23. The third kappa shape index (κ3) is 4.68. The van der Waals surface area contributed by atoms with Crippen molar-refractivity contribution >= 4 is 21.6 Å². The Kier molecular flexibility index (Phi) is 5.99. The first-order valence-electron chi connectivity index (χ1n) is 7.40. The highest BCUT2D eigenvalue weighted by Gasteiger charge is 2.09. The first-order chi connectivity index (χ1) is 10.1. The number of hydrogen-bond acceptors (Lipinski definition) is 4. The van der Waals surface area contributed by atoms with Crippen LogP contribution in [-0.4, -0.2) is 41.9 Å². The van der Waals surface area contributed by atoms with Crippen LogP contribution in [0, 0.1) is 0 Å². The minimum absolute atomic E-state index is 0.0815. The molecule has 0 atom stereocenters. The number of hydrogen-bond donors (Lipinski definition) is 1. The van der Waals surface area contributed by atoms with Crippen LogP contribution < -0.4 is 10.9 Å². The van der Waals surface area contributed by atoms with Crippen molar-refractivity contribution in [2.45, 2.75) is 32.2 Å². The van der Waals surface area contributed by atoms with Gasteiger partial charge in [-0.05, 0) is 55.7 Å². The third-order valence-electron chi connectivity index (χ3n) is 3.64. The lowest BCUT2D eigenvalue weighted by Gasteiger charge is -2.13. The fourth-order valence-corrected chi connectivity index (χ4v) is 2.81. The first kappa shape index (κ1) is 16.2. The van der Waals surface area contributed by atoms with Crippen LogP contribution in [0.2, 0.25) is 0 Å². The molecule has 0 fully saturated rings. The highest BCUT2D eigenvalue weighted by molar-refractivity contribution is 9.10. The molecule has 0 saturated heterocycles. The number of halogens is 1. The molecule has 1 N–H and O–H groups in total. The van der Waals surface area contributed by atoms with Crippen LogP contribution in [0.25, 0.3) is 0 Å². The normalized spacial score (nSPS) is 14.6. The van der Waals surface area contributed by atoms with Crippen LogP contribution in [0.1, 0.15) is 25.7 Å². The van der Waals surface area contributed by atoms with E-state index in [1.807, 2.05) is 19.0 Å². The van der Waals surface area contributed by atoms with E-state index in [4.69, 9.17) is 0 Å². The molecule has 0 bridgehead atoms. The summed E-state index contributed by atoms with van der Waals surface area (Å²) >= 11 is 3.39. The Morgan fingerprint density at radius 3 is 2.95 bits per heavy atom. The summed E-state index contributed by atoms with van der Waals surface area (Å²) in [7, 11) is 3.96. The summed E-state index contributed by atoms with van der Waals surface area (Å²) in [5, 5.41) is 7.53. The van der Waals surface area contributed by atoms with Gasteiger partial charge in [0.25, 0.3) is 5.56 Å². The van der Waals surface area contributed by atoms with Gasteiger partial charge in [-0.2, -0.15) is 5.10 Å². The van der Waals surface area contributed by atoms with E-state index >= 15 is 0 Å². The zero-order valence-corrected chi connectivity index (χ0v) is 14.3. The Morgan fingerprint density at radius 2 is 2.29 bits per heavy atom. The number of likely N-dealkylation sites (N-methyl/N-ethyl adjacent to an activating group) is 1. The molecule has 0 unspecified atom stereocenters. The molecule has 21 heavy (non-hydrogen) atoms. The minimum Gasteiger partial charge on any atom is -0.382 e. The molecule has 0 aliphatic heterocycles. The number of allylic oxidation sites excluding steroid dienone is 1. The zero-order valence-electron chi connectivity index (χ0n) is 12.7. The van der Waals surface area contributed by atoms with Gasteiger partial charge in [-0.25, -0.2) is 4.68 Å². The van der Waals surface area contributed by atoms with Crippen LogP contribution in [0.5, 0.6) is 0 Å². The Bertz CT molecular complexity index is 565. The van der Waals surface area contributed by atoms with Gasteiger partial charge >= 0.3 is 0 Å². The lowest BCUT2D eigenvalue weighted by Crippen LogP contribution is -2.29. The molecular formula is C15H23BrN4O. The van der Waals surface area contributed by atoms with E-state index in [0.29, 0.717) is 11.0 Å². The average molecular weight is 355 g/mol. The quantitative estimate of drug-likeness (QED) is 0.764. The maximum absolute atomic E-state index is 12.2. The van der Waals surface area contributed by atoms with E-state index in [1.165, 1.54) is 29.5 Å². The van der Waals surface area contributed by atoms with Crippen molar-refractivity contribution in [3.05, 3.63) is 32.7 Å². The van der Waals surface area contributed by atoms with Gasteiger partial charge in [-0.1, -0.05) is 11.6 Å². The molecule has 0 saturated carbocycles. The minimum atomic E-state index is -0.0815. The molecule has 1 aromatic rings. The average Bonchev–Trinajstić information content (AvgIpc) is 2.95. The van der Waals surface area contributed by atoms with Gasteiger partial charge < -0.3 is 10.2 Å². The zero-order chi connectivity index (χ0) is 15.2. The first-order valence-corrected chi connectivity index (χ1v) is 8.19. The maximum atomic E-state index is 12.2. The molecule has 2 rings (SSSR count). The lowest BCUT2D eigenvalue weighted by atomic mass is 10.2. The van der Waals surface area contributed by atoms with Gasteiger partial charge in [0.1, 0.15) is 4.47 Å². The standard InChI is InChI=1S/C15H23BrN4O/c1-19(2)9-10-20-15(21)14(16)13(11-18-20)17-8-7-12-5-3-4-6-12/h5,11,17H,3-4,6-10H2,1-2H3. The van der Waals surface area contributed by atoms with E-state index in [2.05, 4.69) is 32.4 Å². The predicted molar refractivity (Wildman–Crippen MR) is 89.8 cm³/mol. The highest BCUT2D eigenvalue weighted by atomic mass is 79.9. The van der Waals surface area contributed by atoms with Crippen molar-refractivity contribution < 1.29 is 0 Å². The number of nitrogens with zero attached hydrogens (tertiary/aromatic N) is 3. The molecule has 6 heteroatoms. The second kappa shape index (κ2) is 7.75. The van der Waals surface area contributed by atoms with E-state index < -0.39 is 0 Å². The smallest absolute Gasteiger partial charge is 0.283 e. The molecule has 5 nitrogen and oxygen atoms in total. The number of anilines is 1. The van der Waals surface area contributed by atoms with Crippen molar-refractivity contribution in [3.8, 4) is 0 Å². The Labute approximate surface area is 134 Å². The fraction of sp³-hybridized carbons (Fsp3) is 0.600. The van der Waals surface area contributed by atoms with E-state index in [-0.39, 0.29) is 5.56 Å². The van der Waals surface area contributed by atoms with Gasteiger partial charge in [0, 0.05) is 13.1 Å². The van der Waals surface area contributed by atoms with Crippen molar-refractivity contribution in [2.24, 2.45) is 0 Å². The van der Waals surface area contributed by atoms with Crippen LogP contribution in [0.4, 0.5) is 5.69 Å². The molecule has 1 aliphatic carbocycles. The second-order valence-electron chi connectivity index (χ2n) is 5.64. The largest absolute Gasteiger partial charge is 0.382 e. The predicted octanol–water partition coefficient (Wildman–Crippen LogP) is 2.48. The Balaban J connectivity index is 1.94. The molecule has 0 radical (unpaired) electrons. The SMILES string of the molecule is CN(C)CCn1ncc(NCCC2=CCCC2)c(Br)c1=O. The van der Waals surface area contributed by atoms with Gasteiger partial charge in [0.15, 0.2) is 0 Å². The molecule has 1 heterocycles. The molecule has 0 amide bonds. The molecule has 1 aromatic heterocycles. The molecule has 116 valence electrons. The molecular weight excluding hydrogens is 332 g/mol. The van der Waals surface area contributed by atoms with Crippen molar-refractivity contribution in [1.29, 1.82) is 0 Å². The van der Waals surface area contributed by atoms with Gasteiger partial charge in [0.05, 0.1) is 18.4 Å². The molecule has 0 aromatic carbocycles. The fourth-order valence-electron chi connectivity index (χ4n) is 2.36. The van der Waals surface area contributed by atoms with Gasteiger partial charge in [-0.15, -0.1) is 0 Å².